The Balaban J connectivity index is 1.55. The third-order valence-corrected chi connectivity index (χ3v) is 8.70. The molecule has 1 aliphatic rings. The van der Waals surface area contributed by atoms with Crippen LogP contribution in [0.1, 0.15) is 36.4 Å². The van der Waals surface area contributed by atoms with Crippen LogP contribution in [0, 0.1) is 6.92 Å². The summed E-state index contributed by atoms with van der Waals surface area (Å²) >= 11 is 0. The molecule has 8 rings (SSSR count). The quantitative estimate of drug-likeness (QED) is 0.208. The molecule has 4 heteroatoms. The lowest BCUT2D eigenvalue weighted by molar-refractivity contribution is 0.578. The van der Waals surface area contributed by atoms with Gasteiger partial charge in [-0.25, -0.2) is 9.97 Å². The van der Waals surface area contributed by atoms with E-state index in [2.05, 4.69) is 104 Å². The predicted molar refractivity (Wildman–Crippen MR) is 173 cm³/mol. The van der Waals surface area contributed by atoms with Crippen molar-refractivity contribution in [3.8, 4) is 28.3 Å². The van der Waals surface area contributed by atoms with E-state index in [9.17, 15) is 0 Å². The molecule has 0 unspecified atom stereocenters. The Bertz CT molecular complexity index is 2250. The first-order chi connectivity index (χ1) is 20.5. The van der Waals surface area contributed by atoms with Gasteiger partial charge < -0.3 is 4.42 Å². The maximum absolute atomic E-state index is 6.27. The fraction of sp³-hybridized carbons (Fsp3) is 0.105. The molecule has 0 saturated heterocycles. The Morgan fingerprint density at radius 2 is 1.57 bits per heavy atom. The fourth-order valence-electron chi connectivity index (χ4n) is 6.70. The molecule has 0 bridgehead atoms. The summed E-state index contributed by atoms with van der Waals surface area (Å²) in [6, 6.07) is 32.0. The summed E-state index contributed by atoms with van der Waals surface area (Å²) < 4.78 is 8.60. The number of furan rings is 1. The molecule has 0 radical (unpaired) electrons. The van der Waals surface area contributed by atoms with Crippen molar-refractivity contribution in [1.82, 2.24) is 14.5 Å². The number of aromatic nitrogens is 3. The average Bonchev–Trinajstić information content (AvgIpc) is 3.59. The van der Waals surface area contributed by atoms with Crippen molar-refractivity contribution < 1.29 is 4.42 Å². The zero-order valence-electron chi connectivity index (χ0n) is 23.8. The van der Waals surface area contributed by atoms with E-state index in [0.29, 0.717) is 0 Å². The molecule has 0 N–H and O–H groups in total. The van der Waals surface area contributed by atoms with Gasteiger partial charge in [-0.2, -0.15) is 0 Å². The van der Waals surface area contributed by atoms with Gasteiger partial charge in [0.15, 0.2) is 5.82 Å². The number of benzene rings is 4. The van der Waals surface area contributed by atoms with E-state index >= 15 is 0 Å². The molecule has 0 spiro atoms. The Hall–Kier alpha value is -5.22. The molecule has 202 valence electrons. The fourth-order valence-corrected chi connectivity index (χ4v) is 6.70. The molecule has 4 aromatic carbocycles. The van der Waals surface area contributed by atoms with Crippen LogP contribution in [0.5, 0.6) is 0 Å². The van der Waals surface area contributed by atoms with Crippen LogP contribution >= 0.6 is 0 Å². The second kappa shape index (κ2) is 8.89. The minimum Gasteiger partial charge on any atom is -0.461 e. The molecular weight excluding hydrogens is 514 g/mol. The van der Waals surface area contributed by atoms with Crippen molar-refractivity contribution in [2.75, 3.05) is 0 Å². The molecule has 0 atom stereocenters. The number of allylic oxidation sites excluding steroid dienone is 2. The highest BCUT2D eigenvalue weighted by Gasteiger charge is 2.40. The van der Waals surface area contributed by atoms with Gasteiger partial charge in [0.25, 0.3) is 0 Å². The molecule has 3 aromatic heterocycles. The summed E-state index contributed by atoms with van der Waals surface area (Å²) in [5, 5.41) is 3.35. The van der Waals surface area contributed by atoms with E-state index in [1.165, 1.54) is 11.1 Å². The van der Waals surface area contributed by atoms with Crippen molar-refractivity contribution in [2.45, 2.75) is 26.2 Å². The average molecular weight is 544 g/mol. The maximum atomic E-state index is 6.27. The molecule has 0 saturated carbocycles. The summed E-state index contributed by atoms with van der Waals surface area (Å²) in [6.45, 7) is 10.4. The zero-order valence-corrected chi connectivity index (χ0v) is 23.8. The van der Waals surface area contributed by atoms with E-state index in [0.717, 1.165) is 72.6 Å². The highest BCUT2D eigenvalue weighted by atomic mass is 16.3. The lowest BCUT2D eigenvalue weighted by atomic mass is 9.85. The number of para-hydroxylation sites is 1. The van der Waals surface area contributed by atoms with Crippen molar-refractivity contribution in [1.29, 1.82) is 0 Å². The number of rotatable bonds is 4. The second-order valence-corrected chi connectivity index (χ2v) is 11.5. The molecular formula is C38H29N3O. The summed E-state index contributed by atoms with van der Waals surface area (Å²) in [5.74, 6) is 2.51. The molecule has 42 heavy (non-hydrogen) atoms. The van der Waals surface area contributed by atoms with Crippen molar-refractivity contribution in [3.63, 3.8) is 0 Å². The number of hydrogen-bond donors (Lipinski definition) is 0. The number of nitrogens with zero attached hydrogens (tertiary/aromatic N) is 3. The van der Waals surface area contributed by atoms with Crippen LogP contribution in [0.2, 0.25) is 0 Å². The lowest BCUT2D eigenvalue weighted by Crippen LogP contribution is -2.18. The minimum absolute atomic E-state index is 0.274. The van der Waals surface area contributed by atoms with Gasteiger partial charge in [-0.1, -0.05) is 111 Å². The first-order valence-electron chi connectivity index (χ1n) is 14.3. The second-order valence-electron chi connectivity index (χ2n) is 11.5. The summed E-state index contributed by atoms with van der Waals surface area (Å²) in [6.07, 6.45) is 5.82. The van der Waals surface area contributed by atoms with Gasteiger partial charge in [0.05, 0.1) is 16.7 Å². The van der Waals surface area contributed by atoms with Crippen LogP contribution in [0.15, 0.2) is 114 Å². The van der Waals surface area contributed by atoms with E-state index in [-0.39, 0.29) is 5.41 Å². The summed E-state index contributed by atoms with van der Waals surface area (Å²) in [7, 11) is 0. The Morgan fingerprint density at radius 1 is 0.810 bits per heavy atom. The lowest BCUT2D eigenvalue weighted by Gasteiger charge is -2.21. The van der Waals surface area contributed by atoms with E-state index in [4.69, 9.17) is 14.4 Å². The van der Waals surface area contributed by atoms with Crippen molar-refractivity contribution in [2.24, 2.45) is 0 Å². The smallest absolute Gasteiger partial charge is 0.161 e. The van der Waals surface area contributed by atoms with Gasteiger partial charge in [-0.15, -0.1) is 0 Å². The number of aryl methyl sites for hydroxylation is 1. The summed E-state index contributed by atoms with van der Waals surface area (Å²) in [5.41, 5.74) is 9.44. The first-order valence-corrected chi connectivity index (χ1v) is 14.3. The molecule has 4 nitrogen and oxygen atoms in total. The standard InChI is InChI=1S/C38H29N3O/c1-5-6-16-25-23(2)42-33-22-28-26-17-11-13-20-31(26)41(32(28)21-29(25)33)37-34-27-18-10-12-19-30(27)38(3,4)35(34)39-36(40-37)24-14-8-7-9-15-24/h5-22H,1H2,2-4H3/b16-6-. The molecule has 7 aromatic rings. The third-order valence-electron chi connectivity index (χ3n) is 8.70. The van der Waals surface area contributed by atoms with Gasteiger partial charge in [0.1, 0.15) is 17.2 Å². The number of hydrogen-bond acceptors (Lipinski definition) is 3. The Morgan fingerprint density at radius 3 is 2.40 bits per heavy atom. The summed E-state index contributed by atoms with van der Waals surface area (Å²) in [4.78, 5) is 10.6. The zero-order chi connectivity index (χ0) is 28.6. The van der Waals surface area contributed by atoms with Crippen LogP contribution in [0.3, 0.4) is 0 Å². The predicted octanol–water partition coefficient (Wildman–Crippen LogP) is 9.80. The van der Waals surface area contributed by atoms with Crippen LogP contribution in [-0.2, 0) is 5.41 Å². The monoisotopic (exact) mass is 543 g/mol. The van der Waals surface area contributed by atoms with E-state index in [1.807, 2.05) is 31.2 Å². The topological polar surface area (TPSA) is 43.9 Å². The highest BCUT2D eigenvalue weighted by Crippen LogP contribution is 2.51. The Kier molecular flexibility index (Phi) is 5.20. The molecule has 1 aliphatic carbocycles. The van der Waals surface area contributed by atoms with E-state index in [1.54, 1.807) is 6.08 Å². The Labute approximate surface area is 244 Å². The minimum atomic E-state index is -0.274. The van der Waals surface area contributed by atoms with Crippen molar-refractivity contribution in [3.05, 3.63) is 132 Å². The van der Waals surface area contributed by atoms with E-state index < -0.39 is 0 Å². The van der Waals surface area contributed by atoms with Gasteiger partial charge in [-0.3, -0.25) is 4.57 Å². The largest absolute Gasteiger partial charge is 0.461 e. The van der Waals surface area contributed by atoms with Gasteiger partial charge in [-0.05, 0) is 36.2 Å². The van der Waals surface area contributed by atoms with Crippen LogP contribution in [0.4, 0.5) is 0 Å². The SMILES string of the molecule is C=C/C=C\c1c(C)oc2cc3c4ccccc4n(-c4nc(-c5ccccc5)nc5c4-c4ccccc4C5(C)C)c3cc12. The molecule has 0 fully saturated rings. The van der Waals surface area contributed by atoms with Crippen LogP contribution in [0.25, 0.3) is 67.2 Å². The van der Waals surface area contributed by atoms with Gasteiger partial charge >= 0.3 is 0 Å². The van der Waals surface area contributed by atoms with Crippen LogP contribution in [-0.4, -0.2) is 14.5 Å². The normalized spacial score (nSPS) is 13.8. The maximum Gasteiger partial charge on any atom is 0.161 e. The number of fused-ring (bicyclic) bond motifs is 7. The third kappa shape index (κ3) is 3.35. The molecule has 3 heterocycles. The van der Waals surface area contributed by atoms with Crippen molar-refractivity contribution >= 4 is 38.9 Å². The molecule has 0 amide bonds. The van der Waals surface area contributed by atoms with Gasteiger partial charge in [0, 0.05) is 38.3 Å². The first kappa shape index (κ1) is 24.6. The van der Waals surface area contributed by atoms with Gasteiger partial charge in [0.2, 0.25) is 0 Å². The molecule has 0 aliphatic heterocycles. The highest BCUT2D eigenvalue weighted by molar-refractivity contribution is 6.14. The van der Waals surface area contributed by atoms with Crippen LogP contribution < -0.4 is 0 Å².